The van der Waals surface area contributed by atoms with Gasteiger partial charge in [-0.2, -0.15) is 0 Å². The van der Waals surface area contributed by atoms with E-state index in [4.69, 9.17) is 26.2 Å². The van der Waals surface area contributed by atoms with Crippen molar-refractivity contribution in [2.24, 2.45) is 5.92 Å². The topological polar surface area (TPSA) is 97.8 Å². The highest BCUT2D eigenvalue weighted by Crippen LogP contribution is 2.35. The minimum Gasteiger partial charge on any atom is -0.480 e. The molecule has 2 aromatic rings. The van der Waals surface area contributed by atoms with Crippen LogP contribution >= 0.6 is 11.6 Å². The Morgan fingerprint density at radius 3 is 2.92 bits per heavy atom. The molecule has 0 unspecified atom stereocenters. The van der Waals surface area contributed by atoms with Gasteiger partial charge in [-0.3, -0.25) is 9.78 Å². The summed E-state index contributed by atoms with van der Waals surface area (Å²) in [5, 5.41) is 11.7. The summed E-state index contributed by atoms with van der Waals surface area (Å²) in [5.74, 6) is -1.36. The number of anilines is 1. The van der Waals surface area contributed by atoms with Crippen molar-refractivity contribution in [3.8, 4) is 5.75 Å². The molecule has 0 spiro atoms. The smallest absolute Gasteiger partial charge is 0.341 e. The van der Waals surface area contributed by atoms with Crippen LogP contribution in [0.15, 0.2) is 42.7 Å². The number of rotatable bonds is 6. The van der Waals surface area contributed by atoms with Crippen LogP contribution in [0.3, 0.4) is 0 Å². The molecule has 7 nitrogen and oxygen atoms in total. The average molecular weight is 377 g/mol. The maximum Gasteiger partial charge on any atom is 0.341 e. The number of carboxylic acid groups (broad SMARTS) is 1. The van der Waals surface area contributed by atoms with Gasteiger partial charge in [0.15, 0.2) is 6.61 Å². The van der Waals surface area contributed by atoms with Gasteiger partial charge < -0.3 is 19.9 Å². The zero-order valence-corrected chi connectivity index (χ0v) is 14.5. The normalized spacial score (nSPS) is 19.1. The van der Waals surface area contributed by atoms with Crippen molar-refractivity contribution in [1.29, 1.82) is 0 Å². The van der Waals surface area contributed by atoms with Crippen molar-refractivity contribution in [2.75, 3.05) is 18.5 Å². The summed E-state index contributed by atoms with van der Waals surface area (Å²) in [6.07, 6.45) is 3.64. The first-order valence-electron chi connectivity index (χ1n) is 8.01. The molecule has 1 aromatic heterocycles. The van der Waals surface area contributed by atoms with Crippen molar-refractivity contribution in [3.05, 3.63) is 53.3 Å². The number of aromatic nitrogens is 1. The van der Waals surface area contributed by atoms with Crippen LogP contribution < -0.4 is 10.1 Å². The Morgan fingerprint density at radius 2 is 2.23 bits per heavy atom. The standard InChI is InChI=1S/C18H17ClN2O5/c19-14-8-12(3-4-15(14)26-10-16(22)23)21-18(24)13-5-7-25-17(13)11-2-1-6-20-9-11/h1-4,6,8-9,13,17H,5,7,10H2,(H,21,24)(H,22,23)/t13-,17+/m0/s1. The van der Waals surface area contributed by atoms with Crippen LogP contribution in [0.1, 0.15) is 18.1 Å². The minimum absolute atomic E-state index is 0.174. The highest BCUT2D eigenvalue weighted by atomic mass is 35.5. The Balaban J connectivity index is 1.67. The van der Waals surface area contributed by atoms with Gasteiger partial charge in [0.05, 0.1) is 17.0 Å². The van der Waals surface area contributed by atoms with E-state index in [1.54, 1.807) is 18.5 Å². The third kappa shape index (κ3) is 4.30. The van der Waals surface area contributed by atoms with Crippen LogP contribution in [-0.4, -0.2) is 35.2 Å². The monoisotopic (exact) mass is 376 g/mol. The molecule has 0 aliphatic carbocycles. The van der Waals surface area contributed by atoms with Gasteiger partial charge in [0.2, 0.25) is 5.91 Å². The van der Waals surface area contributed by atoms with Crippen LogP contribution in [0.25, 0.3) is 0 Å². The first kappa shape index (κ1) is 18.2. The molecule has 1 fully saturated rings. The Hall–Kier alpha value is -2.64. The summed E-state index contributed by atoms with van der Waals surface area (Å²) in [6, 6.07) is 8.34. The first-order valence-corrected chi connectivity index (χ1v) is 8.39. The third-order valence-electron chi connectivity index (χ3n) is 3.99. The van der Waals surface area contributed by atoms with Gasteiger partial charge in [-0.1, -0.05) is 17.7 Å². The number of halogens is 1. The van der Waals surface area contributed by atoms with Crippen LogP contribution in [0.4, 0.5) is 5.69 Å². The summed E-state index contributed by atoms with van der Waals surface area (Å²) in [7, 11) is 0. The Morgan fingerprint density at radius 1 is 1.38 bits per heavy atom. The summed E-state index contributed by atoms with van der Waals surface area (Å²) < 4.78 is 10.8. The van der Waals surface area contributed by atoms with Crippen molar-refractivity contribution in [1.82, 2.24) is 4.98 Å². The molecule has 0 bridgehead atoms. The number of pyridine rings is 1. The number of hydrogen-bond donors (Lipinski definition) is 2. The molecule has 1 aromatic carbocycles. The first-order chi connectivity index (χ1) is 12.5. The van der Waals surface area contributed by atoms with Crippen LogP contribution in [0, 0.1) is 5.92 Å². The van der Waals surface area contributed by atoms with Gasteiger partial charge in [-0.05, 0) is 36.2 Å². The fraction of sp³-hybridized carbons (Fsp3) is 0.278. The number of benzene rings is 1. The van der Waals surface area contributed by atoms with Crippen molar-refractivity contribution in [3.63, 3.8) is 0 Å². The molecular weight excluding hydrogens is 360 g/mol. The predicted molar refractivity (Wildman–Crippen MR) is 94.2 cm³/mol. The quantitative estimate of drug-likeness (QED) is 0.804. The van der Waals surface area contributed by atoms with Gasteiger partial charge >= 0.3 is 5.97 Å². The number of aliphatic carboxylic acids is 1. The Bertz CT molecular complexity index is 799. The number of nitrogens with one attached hydrogen (secondary N) is 1. The molecule has 0 radical (unpaired) electrons. The second kappa shape index (κ2) is 8.16. The third-order valence-corrected chi connectivity index (χ3v) is 4.29. The van der Waals surface area contributed by atoms with Crippen LogP contribution in [0.5, 0.6) is 5.75 Å². The Kier molecular flexibility index (Phi) is 5.70. The molecule has 1 aliphatic heterocycles. The number of nitrogens with zero attached hydrogens (tertiary/aromatic N) is 1. The van der Waals surface area contributed by atoms with E-state index in [0.29, 0.717) is 18.7 Å². The predicted octanol–water partition coefficient (Wildman–Crippen LogP) is 2.91. The van der Waals surface area contributed by atoms with Crippen LogP contribution in [-0.2, 0) is 14.3 Å². The minimum atomic E-state index is -1.10. The highest BCUT2D eigenvalue weighted by molar-refractivity contribution is 6.32. The maximum absolute atomic E-state index is 12.6. The van der Waals surface area contributed by atoms with E-state index in [-0.39, 0.29) is 28.7 Å². The Labute approximate surface area is 154 Å². The van der Waals surface area contributed by atoms with Gasteiger partial charge in [0.1, 0.15) is 5.75 Å². The second-order valence-electron chi connectivity index (χ2n) is 5.79. The van der Waals surface area contributed by atoms with Gasteiger partial charge in [0, 0.05) is 24.7 Å². The van der Waals surface area contributed by atoms with E-state index in [9.17, 15) is 9.59 Å². The van der Waals surface area contributed by atoms with Crippen molar-refractivity contribution >= 4 is 29.2 Å². The zero-order chi connectivity index (χ0) is 18.5. The molecular formula is C18H17ClN2O5. The lowest BCUT2D eigenvalue weighted by molar-refractivity contribution is -0.139. The maximum atomic E-state index is 12.6. The number of hydrogen-bond acceptors (Lipinski definition) is 5. The average Bonchev–Trinajstić information content (AvgIpc) is 3.11. The highest BCUT2D eigenvalue weighted by Gasteiger charge is 2.35. The van der Waals surface area contributed by atoms with E-state index >= 15 is 0 Å². The van der Waals surface area contributed by atoms with Crippen LogP contribution in [0.2, 0.25) is 5.02 Å². The van der Waals surface area contributed by atoms with E-state index in [0.717, 1.165) is 5.56 Å². The number of carboxylic acids is 1. The van der Waals surface area contributed by atoms with Crippen molar-refractivity contribution in [2.45, 2.75) is 12.5 Å². The molecule has 3 rings (SSSR count). The molecule has 2 heterocycles. The largest absolute Gasteiger partial charge is 0.480 e. The number of ether oxygens (including phenoxy) is 2. The molecule has 2 N–H and O–H groups in total. The summed E-state index contributed by atoms with van der Waals surface area (Å²) >= 11 is 6.08. The molecule has 0 saturated carbocycles. The van der Waals surface area contributed by atoms with Crippen molar-refractivity contribution < 1.29 is 24.2 Å². The molecule has 136 valence electrons. The molecule has 1 amide bonds. The number of carbonyl (C=O) groups is 2. The second-order valence-corrected chi connectivity index (χ2v) is 6.20. The number of carbonyl (C=O) groups excluding carboxylic acids is 1. The number of amides is 1. The summed E-state index contributed by atoms with van der Waals surface area (Å²) in [6.45, 7) is 0.0119. The van der Waals surface area contributed by atoms with E-state index in [2.05, 4.69) is 10.3 Å². The fourth-order valence-corrected chi connectivity index (χ4v) is 3.04. The van der Waals surface area contributed by atoms with Gasteiger partial charge in [0.25, 0.3) is 0 Å². The zero-order valence-electron chi connectivity index (χ0n) is 13.7. The molecule has 1 aliphatic rings. The lowest BCUT2D eigenvalue weighted by Crippen LogP contribution is -2.25. The van der Waals surface area contributed by atoms with E-state index < -0.39 is 12.6 Å². The SMILES string of the molecule is O=C(O)COc1ccc(NC(=O)[C@H]2CCO[C@@H]2c2cccnc2)cc1Cl. The molecule has 1 saturated heterocycles. The summed E-state index contributed by atoms with van der Waals surface area (Å²) in [5.41, 5.74) is 1.36. The van der Waals surface area contributed by atoms with Gasteiger partial charge in [-0.15, -0.1) is 0 Å². The van der Waals surface area contributed by atoms with Gasteiger partial charge in [-0.25, -0.2) is 4.79 Å². The molecule has 2 atom stereocenters. The molecule has 8 heteroatoms. The molecule has 26 heavy (non-hydrogen) atoms. The lowest BCUT2D eigenvalue weighted by Gasteiger charge is -2.18. The fourth-order valence-electron chi connectivity index (χ4n) is 2.80. The summed E-state index contributed by atoms with van der Waals surface area (Å²) in [4.78, 5) is 27.3. The van der Waals surface area contributed by atoms with E-state index in [1.807, 2.05) is 12.1 Å². The van der Waals surface area contributed by atoms with E-state index in [1.165, 1.54) is 12.1 Å². The lowest BCUT2D eigenvalue weighted by atomic mass is 9.95.